The normalized spacial score (nSPS) is 20.8. The number of aliphatic imine (C=N–C) groups is 1. The van der Waals surface area contributed by atoms with Crippen molar-refractivity contribution in [3.63, 3.8) is 0 Å². The van der Waals surface area contributed by atoms with Crippen molar-refractivity contribution in [1.29, 1.82) is 0 Å². The molecule has 5 nitrogen and oxygen atoms in total. The molecule has 0 saturated carbocycles. The van der Waals surface area contributed by atoms with Crippen LogP contribution < -0.4 is 10.6 Å². The number of nitrogens with zero attached hydrogens (tertiary/aromatic N) is 2. The van der Waals surface area contributed by atoms with Crippen LogP contribution in [0, 0.1) is 0 Å². The van der Waals surface area contributed by atoms with Crippen LogP contribution in [0.3, 0.4) is 0 Å². The molecule has 0 aliphatic carbocycles. The summed E-state index contributed by atoms with van der Waals surface area (Å²) in [6.45, 7) is 7.14. The number of guanidine groups is 1. The summed E-state index contributed by atoms with van der Waals surface area (Å²) < 4.78 is 42.7. The first-order chi connectivity index (χ1) is 12.4. The molecule has 9 heteroatoms. The Morgan fingerprint density at radius 1 is 1.46 bits per heavy atom. The van der Waals surface area contributed by atoms with E-state index in [1.54, 1.807) is 11.3 Å². The van der Waals surface area contributed by atoms with Gasteiger partial charge in [-0.1, -0.05) is 6.07 Å². The van der Waals surface area contributed by atoms with Gasteiger partial charge in [-0.3, -0.25) is 9.89 Å². The van der Waals surface area contributed by atoms with E-state index in [2.05, 4.69) is 26.6 Å². The summed E-state index contributed by atoms with van der Waals surface area (Å²) in [5.74, 6) is 0.416. The van der Waals surface area contributed by atoms with Gasteiger partial charge in [-0.15, -0.1) is 11.3 Å². The van der Waals surface area contributed by atoms with E-state index in [9.17, 15) is 13.2 Å². The standard InChI is InChI=1S/C17H27F3N4OS/c1-3-21-16(22-7-6-17(18,19)20)23-11-14(15-5-4-10-26-15)24-8-9-25-13(2)12-24/h4-5,10,13-14H,3,6-9,11-12H2,1-2H3,(H2,21,22,23). The smallest absolute Gasteiger partial charge is 0.376 e. The Hall–Kier alpha value is -1.32. The second kappa shape index (κ2) is 10.1. The van der Waals surface area contributed by atoms with E-state index in [1.165, 1.54) is 4.88 Å². The van der Waals surface area contributed by atoms with Crippen LogP contribution in [0.4, 0.5) is 13.2 Å². The lowest BCUT2D eigenvalue weighted by Crippen LogP contribution is -2.44. The van der Waals surface area contributed by atoms with Crippen LogP contribution in [0.25, 0.3) is 0 Å². The number of halogens is 3. The summed E-state index contributed by atoms with van der Waals surface area (Å²) >= 11 is 1.67. The summed E-state index contributed by atoms with van der Waals surface area (Å²) in [7, 11) is 0. The van der Waals surface area contributed by atoms with Crippen LogP contribution in [0.5, 0.6) is 0 Å². The van der Waals surface area contributed by atoms with Crippen molar-refractivity contribution in [3.05, 3.63) is 22.4 Å². The molecule has 2 heterocycles. The highest BCUT2D eigenvalue weighted by atomic mass is 32.1. The third kappa shape index (κ3) is 7.13. The summed E-state index contributed by atoms with van der Waals surface area (Å²) in [6.07, 6.45) is -4.89. The van der Waals surface area contributed by atoms with Crippen LogP contribution in [0.15, 0.2) is 22.5 Å². The monoisotopic (exact) mass is 392 g/mol. The molecule has 1 aromatic heterocycles. The van der Waals surface area contributed by atoms with E-state index in [-0.39, 0.29) is 18.7 Å². The van der Waals surface area contributed by atoms with Crippen molar-refractivity contribution >= 4 is 17.3 Å². The van der Waals surface area contributed by atoms with E-state index < -0.39 is 12.6 Å². The van der Waals surface area contributed by atoms with Crippen molar-refractivity contribution in [3.8, 4) is 0 Å². The first-order valence-corrected chi connectivity index (χ1v) is 9.75. The van der Waals surface area contributed by atoms with Gasteiger partial charge in [0, 0.05) is 31.1 Å². The molecular formula is C17H27F3N4OS. The molecule has 1 saturated heterocycles. The van der Waals surface area contributed by atoms with E-state index >= 15 is 0 Å². The van der Waals surface area contributed by atoms with Gasteiger partial charge in [-0.05, 0) is 25.3 Å². The molecule has 1 aliphatic rings. The van der Waals surface area contributed by atoms with Crippen molar-refractivity contribution in [2.75, 3.05) is 39.3 Å². The van der Waals surface area contributed by atoms with Crippen LogP contribution in [0.2, 0.25) is 0 Å². The number of ether oxygens (including phenoxy) is 1. The molecule has 2 rings (SSSR count). The number of hydrogen-bond acceptors (Lipinski definition) is 4. The number of hydrogen-bond donors (Lipinski definition) is 2. The molecule has 0 bridgehead atoms. The molecule has 148 valence electrons. The maximum absolute atomic E-state index is 12.4. The highest BCUT2D eigenvalue weighted by molar-refractivity contribution is 7.10. The Kier molecular flexibility index (Phi) is 8.17. The highest BCUT2D eigenvalue weighted by Crippen LogP contribution is 2.27. The lowest BCUT2D eigenvalue weighted by molar-refractivity contribution is -0.132. The molecular weight excluding hydrogens is 365 g/mol. The SMILES string of the molecule is CCNC(=NCC(c1cccs1)N1CCOC(C)C1)NCCC(F)(F)F. The number of nitrogens with one attached hydrogen (secondary N) is 2. The Morgan fingerprint density at radius 3 is 2.88 bits per heavy atom. The fourth-order valence-corrected chi connectivity index (χ4v) is 3.69. The van der Waals surface area contributed by atoms with E-state index in [4.69, 9.17) is 4.74 Å². The molecule has 2 N–H and O–H groups in total. The topological polar surface area (TPSA) is 48.9 Å². The molecule has 1 aromatic rings. The van der Waals surface area contributed by atoms with Crippen molar-refractivity contribution < 1.29 is 17.9 Å². The number of morpholine rings is 1. The highest BCUT2D eigenvalue weighted by Gasteiger charge is 2.27. The van der Waals surface area contributed by atoms with Gasteiger partial charge in [0.15, 0.2) is 5.96 Å². The Labute approximate surface area is 156 Å². The third-order valence-corrected chi connectivity index (χ3v) is 5.03. The minimum absolute atomic E-state index is 0.0967. The van der Waals surface area contributed by atoms with Gasteiger partial charge >= 0.3 is 6.18 Å². The predicted octanol–water partition coefficient (Wildman–Crippen LogP) is 3.02. The van der Waals surface area contributed by atoms with Gasteiger partial charge < -0.3 is 15.4 Å². The minimum Gasteiger partial charge on any atom is -0.376 e. The van der Waals surface area contributed by atoms with Gasteiger partial charge in [-0.25, -0.2) is 0 Å². The second-order valence-corrected chi connectivity index (χ2v) is 7.20. The fourth-order valence-electron chi connectivity index (χ4n) is 2.84. The van der Waals surface area contributed by atoms with Gasteiger partial charge in [0.2, 0.25) is 0 Å². The maximum Gasteiger partial charge on any atom is 0.390 e. The minimum atomic E-state index is -4.17. The molecule has 0 aromatic carbocycles. The largest absolute Gasteiger partial charge is 0.390 e. The lowest BCUT2D eigenvalue weighted by Gasteiger charge is -2.36. The molecule has 26 heavy (non-hydrogen) atoms. The average molecular weight is 392 g/mol. The van der Waals surface area contributed by atoms with Crippen molar-refractivity contribution in [2.45, 2.75) is 38.6 Å². The molecule has 2 atom stereocenters. The van der Waals surface area contributed by atoms with Gasteiger partial charge in [0.1, 0.15) is 0 Å². The Bertz CT molecular complexity index is 551. The first-order valence-electron chi connectivity index (χ1n) is 8.87. The van der Waals surface area contributed by atoms with Crippen molar-refractivity contribution in [2.24, 2.45) is 4.99 Å². The van der Waals surface area contributed by atoms with Gasteiger partial charge in [-0.2, -0.15) is 13.2 Å². The van der Waals surface area contributed by atoms with Crippen molar-refractivity contribution in [1.82, 2.24) is 15.5 Å². The van der Waals surface area contributed by atoms with Crippen LogP contribution in [-0.2, 0) is 4.74 Å². The van der Waals surface area contributed by atoms with E-state index in [0.29, 0.717) is 25.7 Å². The second-order valence-electron chi connectivity index (χ2n) is 6.22. The first kappa shape index (κ1) is 21.0. The zero-order valence-corrected chi connectivity index (χ0v) is 16.0. The zero-order valence-electron chi connectivity index (χ0n) is 15.2. The van der Waals surface area contributed by atoms with E-state index in [0.717, 1.165) is 13.1 Å². The number of alkyl halides is 3. The van der Waals surface area contributed by atoms with E-state index in [1.807, 2.05) is 25.3 Å². The summed E-state index contributed by atoms with van der Waals surface area (Å²) in [4.78, 5) is 8.08. The van der Waals surface area contributed by atoms with Gasteiger partial charge in [0.05, 0.1) is 31.7 Å². The maximum atomic E-state index is 12.4. The molecule has 0 spiro atoms. The Morgan fingerprint density at radius 2 is 2.27 bits per heavy atom. The quantitative estimate of drug-likeness (QED) is 0.553. The fraction of sp³-hybridized carbons (Fsp3) is 0.706. The summed E-state index contributed by atoms with van der Waals surface area (Å²) in [5, 5.41) is 7.81. The lowest BCUT2D eigenvalue weighted by atomic mass is 10.1. The van der Waals surface area contributed by atoms with Crippen LogP contribution in [-0.4, -0.2) is 62.5 Å². The zero-order chi connectivity index (χ0) is 19.0. The summed E-state index contributed by atoms with van der Waals surface area (Å²) in [6, 6.07) is 4.18. The molecule has 1 fully saturated rings. The number of rotatable bonds is 7. The third-order valence-electron chi connectivity index (χ3n) is 4.05. The number of thiophene rings is 1. The molecule has 2 unspecified atom stereocenters. The Balaban J connectivity index is 2.03. The summed E-state index contributed by atoms with van der Waals surface area (Å²) in [5.41, 5.74) is 0. The predicted molar refractivity (Wildman–Crippen MR) is 98.7 cm³/mol. The van der Waals surface area contributed by atoms with Crippen LogP contribution >= 0.6 is 11.3 Å². The molecule has 0 amide bonds. The average Bonchev–Trinajstić information content (AvgIpc) is 3.08. The molecule has 0 radical (unpaired) electrons. The van der Waals surface area contributed by atoms with Gasteiger partial charge in [0.25, 0.3) is 0 Å². The molecule has 1 aliphatic heterocycles. The van der Waals surface area contributed by atoms with Crippen LogP contribution in [0.1, 0.15) is 31.2 Å².